The molecule has 8 aromatic carbocycles. The van der Waals surface area contributed by atoms with E-state index in [0.717, 1.165) is 55.9 Å². The van der Waals surface area contributed by atoms with Crippen molar-refractivity contribution >= 4 is 44.6 Å². The van der Waals surface area contributed by atoms with Crippen molar-refractivity contribution in [2.75, 3.05) is 9.80 Å². The first-order chi connectivity index (χ1) is 34.9. The van der Waals surface area contributed by atoms with Gasteiger partial charge in [-0.3, -0.25) is 0 Å². The molecule has 0 atom stereocenters. The molecule has 11 rings (SSSR count). The Morgan fingerprint density at radius 3 is 1.76 bits per heavy atom. The van der Waals surface area contributed by atoms with Crippen molar-refractivity contribution in [3.8, 4) is 28.4 Å². The van der Waals surface area contributed by atoms with E-state index in [1.165, 1.54) is 38.9 Å². The van der Waals surface area contributed by atoms with Crippen molar-refractivity contribution in [3.63, 3.8) is 0 Å². The fraction of sp³-hybridized carbons (Fsp3) is 0.206. The number of hydrogen-bond donors (Lipinski definition) is 0. The summed E-state index contributed by atoms with van der Waals surface area (Å²) in [5, 5.41) is 2.20. The number of rotatable bonds is 10. The molecule has 0 unspecified atom stereocenters. The number of fused-ring (bicyclic) bond motifs is 4. The molecule has 74 heavy (non-hydrogen) atoms. The summed E-state index contributed by atoms with van der Waals surface area (Å²) in [6, 6.07) is 75.0. The van der Waals surface area contributed by atoms with Crippen molar-refractivity contribution in [1.29, 1.82) is 0 Å². The van der Waals surface area contributed by atoms with Crippen molar-refractivity contribution < 1.29 is 25.8 Å². The smallest absolute Gasteiger partial charge is 0.135 e. The maximum Gasteiger partial charge on any atom is 0.135 e. The van der Waals surface area contributed by atoms with Crippen LogP contribution in [0.5, 0.6) is 11.5 Å². The van der Waals surface area contributed by atoms with Gasteiger partial charge in [0.1, 0.15) is 5.82 Å². The first-order valence-corrected chi connectivity index (χ1v) is 25.5. The Morgan fingerprint density at radius 1 is 0.446 bits per heavy atom. The number of anilines is 4. The van der Waals surface area contributed by atoms with E-state index in [1.807, 2.05) is 24.4 Å². The third kappa shape index (κ3) is 9.37. The van der Waals surface area contributed by atoms with E-state index < -0.39 is 0 Å². The summed E-state index contributed by atoms with van der Waals surface area (Å²) in [7, 11) is 0. The van der Waals surface area contributed by atoms with Crippen LogP contribution in [0.2, 0.25) is 0 Å². The van der Waals surface area contributed by atoms with Gasteiger partial charge in [-0.1, -0.05) is 190 Å². The van der Waals surface area contributed by atoms with Crippen LogP contribution in [0, 0.1) is 18.8 Å². The molecule has 3 heterocycles. The van der Waals surface area contributed by atoms with Crippen molar-refractivity contribution in [2.45, 2.75) is 90.9 Å². The summed E-state index contributed by atoms with van der Waals surface area (Å²) in [6.45, 7) is 25.1. The van der Waals surface area contributed by atoms with Gasteiger partial charge in [0.15, 0.2) is 0 Å². The van der Waals surface area contributed by atoms with E-state index in [-0.39, 0.29) is 42.7 Å². The minimum atomic E-state index is -0.248. The summed E-state index contributed by atoms with van der Waals surface area (Å²) in [5.74, 6) is 2.02. The molecule has 6 heteroatoms. The SMILES string of the molecule is CC(C)(C)c1cc(N2[CH-]N(c3[c-]c(Oc4[c-]c5c(cc4)c4cc(-c6ccccc6)ccc4n5-c4cc(C(C)(C)C)ccn4)ccc3)c3ccc(C(C)(C)c4ccccc4)cc32)cc(C(C)(C)c2ccccc2)c1.[Pt]. The molecule has 0 saturated carbocycles. The fourth-order valence-electron chi connectivity index (χ4n) is 10.3. The van der Waals surface area contributed by atoms with E-state index >= 15 is 0 Å². The standard InChI is InChI=1S/C68H63N4O.Pt/c1-65(2,3)50-35-36-69-64(42-50)72-60-33-29-47(46-21-14-11-15-22-46)37-59(60)58-32-31-57(44-62(58)72)73-56-28-20-27-54(43-56)70-45-71(63-41-51(30-34-61(63)70)67(7,8)48-23-16-12-17-24-48)55-39-52(66(4,5)6)38-53(40-55)68(9,10)49-25-18-13-19-26-49;/h11-42,45H,1-10H3;/q-3;. The molecule has 10 aromatic rings. The second kappa shape index (κ2) is 19.3. The minimum absolute atomic E-state index is 0. The topological polar surface area (TPSA) is 33.5 Å². The molecule has 0 fully saturated rings. The number of pyridine rings is 1. The van der Waals surface area contributed by atoms with Gasteiger partial charge in [-0.25, -0.2) is 4.98 Å². The molecule has 0 amide bonds. The Morgan fingerprint density at radius 2 is 1.08 bits per heavy atom. The molecular formula is C68H63N4OPt-3. The van der Waals surface area contributed by atoms with Crippen LogP contribution in [0.3, 0.4) is 0 Å². The molecule has 2 aromatic heterocycles. The Balaban J connectivity index is 0.00000626. The quantitative estimate of drug-likeness (QED) is 0.128. The molecule has 0 saturated heterocycles. The molecule has 0 radical (unpaired) electrons. The van der Waals surface area contributed by atoms with Crippen LogP contribution in [0.1, 0.15) is 103 Å². The zero-order valence-electron chi connectivity index (χ0n) is 44.1. The second-order valence-corrected chi connectivity index (χ2v) is 22.7. The Kier molecular flexibility index (Phi) is 13.1. The Bertz CT molecular complexity index is 3660. The predicted octanol–water partition coefficient (Wildman–Crippen LogP) is 17.9. The molecule has 5 nitrogen and oxygen atoms in total. The molecule has 374 valence electrons. The molecule has 0 aliphatic carbocycles. The van der Waals surface area contributed by atoms with E-state index in [0.29, 0.717) is 11.5 Å². The van der Waals surface area contributed by atoms with E-state index in [9.17, 15) is 0 Å². The summed E-state index contributed by atoms with van der Waals surface area (Å²) >= 11 is 0. The van der Waals surface area contributed by atoms with E-state index in [4.69, 9.17) is 9.72 Å². The Hall–Kier alpha value is -7.20. The monoisotopic (exact) mass is 1150 g/mol. The summed E-state index contributed by atoms with van der Waals surface area (Å²) < 4.78 is 9.03. The maximum atomic E-state index is 6.81. The summed E-state index contributed by atoms with van der Waals surface area (Å²) in [4.78, 5) is 9.57. The number of benzene rings is 8. The van der Waals surface area contributed by atoms with Crippen molar-refractivity contribution in [2.24, 2.45) is 0 Å². The molecular weight excluding hydrogens is 1080 g/mol. The number of aromatic nitrogens is 2. The summed E-state index contributed by atoms with van der Waals surface area (Å²) in [6.07, 6.45) is 1.91. The van der Waals surface area contributed by atoms with Crippen LogP contribution < -0.4 is 14.5 Å². The maximum absolute atomic E-state index is 6.81. The third-order valence-corrected chi connectivity index (χ3v) is 15.1. The second-order valence-electron chi connectivity index (χ2n) is 22.7. The molecule has 0 bridgehead atoms. The van der Waals surface area contributed by atoms with Gasteiger partial charge in [-0.15, -0.1) is 48.1 Å². The van der Waals surface area contributed by atoms with Crippen LogP contribution >= 0.6 is 0 Å². The average Bonchev–Trinajstić information content (AvgIpc) is 3.94. The van der Waals surface area contributed by atoms with Crippen LogP contribution in [0.25, 0.3) is 38.8 Å². The third-order valence-electron chi connectivity index (χ3n) is 15.1. The van der Waals surface area contributed by atoms with Crippen molar-refractivity contribution in [1.82, 2.24) is 9.55 Å². The van der Waals surface area contributed by atoms with Gasteiger partial charge in [0.25, 0.3) is 0 Å². The molecule has 0 N–H and O–H groups in total. The van der Waals surface area contributed by atoms with Gasteiger partial charge in [0.2, 0.25) is 0 Å². The molecule has 1 aliphatic heterocycles. The van der Waals surface area contributed by atoms with Gasteiger partial charge >= 0.3 is 0 Å². The molecule has 0 spiro atoms. The van der Waals surface area contributed by atoms with Crippen LogP contribution in [-0.2, 0) is 42.7 Å². The average molecular weight is 1150 g/mol. The largest absolute Gasteiger partial charge is 0.509 e. The number of ether oxygens (including phenoxy) is 1. The normalized spacial score (nSPS) is 13.1. The van der Waals surface area contributed by atoms with Gasteiger partial charge in [-0.05, 0) is 103 Å². The van der Waals surface area contributed by atoms with E-state index in [2.05, 4.69) is 272 Å². The van der Waals surface area contributed by atoms with Gasteiger partial charge in [0, 0.05) is 72.2 Å². The fourth-order valence-corrected chi connectivity index (χ4v) is 10.3. The first kappa shape index (κ1) is 50.3. The Labute approximate surface area is 452 Å². The predicted molar refractivity (Wildman–Crippen MR) is 304 cm³/mol. The van der Waals surface area contributed by atoms with Gasteiger partial charge in [0.05, 0.1) is 0 Å². The van der Waals surface area contributed by atoms with Crippen molar-refractivity contribution in [3.05, 3.63) is 246 Å². The van der Waals surface area contributed by atoms with Crippen LogP contribution in [0.4, 0.5) is 22.7 Å². The first-order valence-electron chi connectivity index (χ1n) is 25.5. The zero-order chi connectivity index (χ0) is 50.9. The minimum Gasteiger partial charge on any atom is -0.509 e. The van der Waals surface area contributed by atoms with E-state index in [1.54, 1.807) is 0 Å². The number of nitrogens with zero attached hydrogens (tertiary/aromatic N) is 4. The zero-order valence-corrected chi connectivity index (χ0v) is 46.3. The van der Waals surface area contributed by atoms with Crippen LogP contribution in [0.15, 0.2) is 194 Å². The van der Waals surface area contributed by atoms with Gasteiger partial charge < -0.3 is 19.1 Å². The van der Waals surface area contributed by atoms with Gasteiger partial charge in [-0.2, -0.15) is 12.1 Å². The number of hydrogen-bond acceptors (Lipinski definition) is 4. The van der Waals surface area contributed by atoms with Crippen LogP contribution in [-0.4, -0.2) is 9.55 Å². The summed E-state index contributed by atoms with van der Waals surface area (Å²) in [5.41, 5.74) is 15.3. The molecule has 1 aliphatic rings.